The molecule has 1 aromatic rings. The van der Waals surface area contributed by atoms with E-state index in [-0.39, 0.29) is 24.3 Å². The van der Waals surface area contributed by atoms with Gasteiger partial charge in [-0.25, -0.2) is 0 Å². The number of carboxylic acids is 1. The Morgan fingerprint density at radius 3 is 2.68 bits per heavy atom. The number of amides is 1. The average Bonchev–Trinajstić information content (AvgIpc) is 3.11. The SMILES string of the molecule is C[C@H](CC#CCc1ccccc1)[C@H](O)/C=C/[C@H]1CCC(=O)N1CCCCCCC(=O)O. The van der Waals surface area contributed by atoms with Gasteiger partial charge in [-0.1, -0.05) is 68.2 Å². The van der Waals surface area contributed by atoms with Crippen LogP contribution in [0, 0.1) is 17.8 Å². The van der Waals surface area contributed by atoms with Crippen LogP contribution in [0.25, 0.3) is 0 Å². The van der Waals surface area contributed by atoms with Crippen LogP contribution in [0.15, 0.2) is 42.5 Å². The summed E-state index contributed by atoms with van der Waals surface area (Å²) in [7, 11) is 0. The minimum atomic E-state index is -0.755. The summed E-state index contributed by atoms with van der Waals surface area (Å²) < 4.78 is 0. The highest BCUT2D eigenvalue weighted by Gasteiger charge is 2.28. The molecule has 1 aliphatic rings. The van der Waals surface area contributed by atoms with Gasteiger partial charge in [0.2, 0.25) is 5.91 Å². The number of nitrogens with zero attached hydrogens (tertiary/aromatic N) is 1. The molecule has 5 heteroatoms. The fourth-order valence-electron chi connectivity index (χ4n) is 3.70. The van der Waals surface area contributed by atoms with Gasteiger partial charge in [-0.05, 0) is 30.7 Å². The van der Waals surface area contributed by atoms with E-state index in [9.17, 15) is 14.7 Å². The van der Waals surface area contributed by atoms with Crippen LogP contribution in [0.5, 0.6) is 0 Å². The Labute approximate surface area is 186 Å². The molecule has 0 unspecified atom stereocenters. The summed E-state index contributed by atoms with van der Waals surface area (Å²) >= 11 is 0. The number of rotatable bonds is 12. The van der Waals surface area contributed by atoms with Gasteiger partial charge in [0.25, 0.3) is 0 Å². The summed E-state index contributed by atoms with van der Waals surface area (Å²) in [6.07, 6.45) is 9.44. The van der Waals surface area contributed by atoms with Crippen LogP contribution in [0.3, 0.4) is 0 Å². The lowest BCUT2D eigenvalue weighted by atomic mass is 9.99. The topological polar surface area (TPSA) is 77.8 Å². The molecule has 1 fully saturated rings. The number of hydrogen-bond acceptors (Lipinski definition) is 3. The maximum atomic E-state index is 12.2. The van der Waals surface area contributed by atoms with E-state index in [2.05, 4.69) is 24.0 Å². The lowest BCUT2D eigenvalue weighted by Crippen LogP contribution is -2.33. The summed E-state index contributed by atoms with van der Waals surface area (Å²) in [5.74, 6) is 5.77. The molecule has 3 atom stereocenters. The molecule has 1 aromatic carbocycles. The third kappa shape index (κ3) is 9.40. The molecule has 5 nitrogen and oxygen atoms in total. The zero-order chi connectivity index (χ0) is 22.5. The number of hydrogen-bond donors (Lipinski definition) is 2. The minimum absolute atomic E-state index is 0.0271. The van der Waals surface area contributed by atoms with Gasteiger partial charge in [-0.2, -0.15) is 0 Å². The maximum Gasteiger partial charge on any atom is 0.303 e. The van der Waals surface area contributed by atoms with Crippen LogP contribution >= 0.6 is 0 Å². The lowest BCUT2D eigenvalue weighted by molar-refractivity contribution is -0.137. The van der Waals surface area contributed by atoms with Crippen molar-refractivity contribution >= 4 is 11.9 Å². The smallest absolute Gasteiger partial charge is 0.303 e. The van der Waals surface area contributed by atoms with Gasteiger partial charge >= 0.3 is 5.97 Å². The molecule has 168 valence electrons. The van der Waals surface area contributed by atoms with E-state index in [0.29, 0.717) is 25.8 Å². The van der Waals surface area contributed by atoms with E-state index in [1.807, 2.05) is 42.2 Å². The lowest BCUT2D eigenvalue weighted by Gasteiger charge is -2.23. The maximum absolute atomic E-state index is 12.2. The second kappa shape index (κ2) is 13.7. The molecule has 1 aliphatic heterocycles. The number of likely N-dealkylation sites (tertiary alicyclic amines) is 1. The quantitative estimate of drug-likeness (QED) is 0.299. The van der Waals surface area contributed by atoms with E-state index in [1.165, 1.54) is 5.56 Å². The van der Waals surface area contributed by atoms with Crippen molar-refractivity contribution in [2.75, 3.05) is 6.54 Å². The van der Waals surface area contributed by atoms with Crippen LogP contribution in [-0.4, -0.2) is 45.7 Å². The Balaban J connectivity index is 1.73. The predicted molar refractivity (Wildman–Crippen MR) is 122 cm³/mol. The van der Waals surface area contributed by atoms with Gasteiger partial charge < -0.3 is 15.1 Å². The molecule has 31 heavy (non-hydrogen) atoms. The third-order valence-electron chi connectivity index (χ3n) is 5.71. The highest BCUT2D eigenvalue weighted by atomic mass is 16.4. The van der Waals surface area contributed by atoms with Gasteiger partial charge in [0, 0.05) is 32.2 Å². The first kappa shape index (κ1) is 24.7. The van der Waals surface area contributed by atoms with Crippen LogP contribution in [-0.2, 0) is 16.0 Å². The Bertz CT molecular complexity index is 778. The first-order valence-electron chi connectivity index (χ1n) is 11.3. The Hall–Kier alpha value is -2.58. The molecule has 0 saturated carbocycles. The second-order valence-corrected chi connectivity index (χ2v) is 8.32. The summed E-state index contributed by atoms with van der Waals surface area (Å²) in [6.45, 7) is 2.68. The third-order valence-corrected chi connectivity index (χ3v) is 5.71. The van der Waals surface area contributed by atoms with Crippen molar-refractivity contribution in [1.29, 1.82) is 0 Å². The van der Waals surface area contributed by atoms with Crippen LogP contribution < -0.4 is 0 Å². The molecule has 1 saturated heterocycles. The molecular weight excluding hydrogens is 390 g/mol. The number of aliphatic hydroxyl groups is 1. The standard InChI is InChI=1S/C26H35NO4/c1-21(11-8-9-14-22-12-5-4-6-13-22)24(28)18-16-23-17-19-25(29)27(23)20-10-3-2-7-15-26(30)31/h4-6,12-13,16,18,21,23-24,28H,2-3,7,10-11,14-15,17,19-20H2,1H3,(H,30,31)/b18-16+/t21-,23+,24-/m1/s1. The van der Waals surface area contributed by atoms with E-state index >= 15 is 0 Å². The highest BCUT2D eigenvalue weighted by Crippen LogP contribution is 2.22. The number of carbonyl (C=O) groups is 2. The van der Waals surface area contributed by atoms with Crippen LogP contribution in [0.4, 0.5) is 0 Å². The summed E-state index contributed by atoms with van der Waals surface area (Å²) in [6, 6.07) is 10.1. The fourth-order valence-corrected chi connectivity index (χ4v) is 3.70. The predicted octanol–water partition coefficient (Wildman–Crippen LogP) is 4.20. The molecule has 2 N–H and O–H groups in total. The van der Waals surface area contributed by atoms with E-state index in [1.54, 1.807) is 0 Å². The van der Waals surface area contributed by atoms with Crippen molar-refractivity contribution in [3.63, 3.8) is 0 Å². The molecule has 0 radical (unpaired) electrons. The Kier molecular flexibility index (Phi) is 10.9. The van der Waals surface area contributed by atoms with Gasteiger partial charge in [-0.3, -0.25) is 9.59 Å². The van der Waals surface area contributed by atoms with Gasteiger partial charge in [0.05, 0.1) is 12.1 Å². The average molecular weight is 426 g/mol. The van der Waals surface area contributed by atoms with Crippen LogP contribution in [0.1, 0.15) is 63.9 Å². The van der Waals surface area contributed by atoms with Crippen molar-refractivity contribution in [3.05, 3.63) is 48.0 Å². The van der Waals surface area contributed by atoms with Gasteiger partial charge in [0.15, 0.2) is 0 Å². The number of carboxylic acid groups (broad SMARTS) is 1. The zero-order valence-electron chi connectivity index (χ0n) is 18.5. The number of carbonyl (C=O) groups excluding carboxylic acids is 1. The van der Waals surface area contributed by atoms with Crippen molar-refractivity contribution in [2.45, 2.75) is 76.9 Å². The van der Waals surface area contributed by atoms with Crippen molar-refractivity contribution in [1.82, 2.24) is 4.90 Å². The molecule has 0 spiro atoms. The molecule has 0 aromatic heterocycles. The van der Waals surface area contributed by atoms with Crippen molar-refractivity contribution in [3.8, 4) is 11.8 Å². The summed E-state index contributed by atoms with van der Waals surface area (Å²) in [5, 5.41) is 19.1. The monoisotopic (exact) mass is 425 g/mol. The molecule has 0 bridgehead atoms. The first-order chi connectivity index (χ1) is 15.0. The number of unbranched alkanes of at least 4 members (excludes halogenated alkanes) is 3. The van der Waals surface area contributed by atoms with Crippen LogP contribution in [0.2, 0.25) is 0 Å². The van der Waals surface area contributed by atoms with E-state index < -0.39 is 12.1 Å². The number of benzene rings is 1. The van der Waals surface area contributed by atoms with Gasteiger partial charge in [0.1, 0.15) is 0 Å². The van der Waals surface area contributed by atoms with E-state index in [0.717, 1.165) is 32.1 Å². The molecular formula is C26H35NO4. The summed E-state index contributed by atoms with van der Waals surface area (Å²) in [5.41, 5.74) is 1.19. The fraction of sp³-hybridized carbons (Fsp3) is 0.538. The second-order valence-electron chi connectivity index (χ2n) is 8.32. The number of aliphatic carboxylic acids is 1. The Morgan fingerprint density at radius 1 is 1.19 bits per heavy atom. The normalized spacial score (nSPS) is 18.1. The molecule has 1 amide bonds. The Morgan fingerprint density at radius 2 is 1.94 bits per heavy atom. The minimum Gasteiger partial charge on any atom is -0.481 e. The van der Waals surface area contributed by atoms with Crippen molar-refractivity contribution < 1.29 is 19.8 Å². The van der Waals surface area contributed by atoms with Crippen molar-refractivity contribution in [2.24, 2.45) is 5.92 Å². The highest BCUT2D eigenvalue weighted by molar-refractivity contribution is 5.79. The largest absolute Gasteiger partial charge is 0.481 e. The van der Waals surface area contributed by atoms with Gasteiger partial charge in [-0.15, -0.1) is 5.92 Å². The van der Waals surface area contributed by atoms with E-state index in [4.69, 9.17) is 5.11 Å². The zero-order valence-corrected chi connectivity index (χ0v) is 18.5. The summed E-state index contributed by atoms with van der Waals surface area (Å²) in [4.78, 5) is 24.6. The molecule has 2 rings (SSSR count). The molecule has 0 aliphatic carbocycles. The first-order valence-corrected chi connectivity index (χ1v) is 11.3. The number of aliphatic hydroxyl groups excluding tert-OH is 1. The molecule has 1 heterocycles.